The molecule has 1 aromatic rings. The molecule has 0 fully saturated rings. The summed E-state index contributed by atoms with van der Waals surface area (Å²) in [5.41, 5.74) is 0. The number of imidazole rings is 1. The molecule has 1 unspecified atom stereocenters. The zero-order chi connectivity index (χ0) is 12.8. The predicted octanol–water partition coefficient (Wildman–Crippen LogP) is 1.58. The predicted molar refractivity (Wildman–Crippen MR) is 71.9 cm³/mol. The normalized spacial score (nSPS) is 13.6. The second-order valence-corrected chi connectivity index (χ2v) is 5.12. The van der Waals surface area contributed by atoms with Crippen LogP contribution < -0.4 is 5.32 Å². The van der Waals surface area contributed by atoms with Gasteiger partial charge in [0.1, 0.15) is 5.82 Å². The molecule has 0 aliphatic carbocycles. The maximum atomic E-state index is 4.38. The highest BCUT2D eigenvalue weighted by Crippen LogP contribution is 2.05. The lowest BCUT2D eigenvalue weighted by molar-refractivity contribution is 0.285. The number of rotatable bonds is 7. The van der Waals surface area contributed by atoms with E-state index in [4.69, 9.17) is 0 Å². The summed E-state index contributed by atoms with van der Waals surface area (Å²) in [6, 6.07) is 0.506. The average molecular weight is 238 g/mol. The summed E-state index contributed by atoms with van der Waals surface area (Å²) in [6.07, 6.45) is 3.91. The van der Waals surface area contributed by atoms with E-state index in [-0.39, 0.29) is 0 Å². The third-order valence-corrected chi connectivity index (χ3v) is 3.03. The minimum Gasteiger partial charge on any atom is -0.334 e. The smallest absolute Gasteiger partial charge is 0.122 e. The Bertz CT molecular complexity index is 317. The molecule has 0 aliphatic heterocycles. The Morgan fingerprint density at radius 2 is 2.12 bits per heavy atom. The van der Waals surface area contributed by atoms with Gasteiger partial charge in [0.15, 0.2) is 0 Å². The Morgan fingerprint density at radius 3 is 2.65 bits per heavy atom. The highest BCUT2D eigenvalue weighted by Gasteiger charge is 2.14. The van der Waals surface area contributed by atoms with Crippen LogP contribution in [0, 0.1) is 5.92 Å². The van der Waals surface area contributed by atoms with Gasteiger partial charge in [-0.1, -0.05) is 13.8 Å². The monoisotopic (exact) mass is 238 g/mol. The second-order valence-electron chi connectivity index (χ2n) is 5.12. The van der Waals surface area contributed by atoms with Crippen molar-refractivity contribution in [1.82, 2.24) is 19.8 Å². The van der Waals surface area contributed by atoms with E-state index >= 15 is 0 Å². The first-order valence-corrected chi connectivity index (χ1v) is 6.42. The minimum absolute atomic E-state index is 0.506. The Balaban J connectivity index is 2.51. The lowest BCUT2D eigenvalue weighted by Crippen LogP contribution is -2.42. The Morgan fingerprint density at radius 1 is 1.41 bits per heavy atom. The maximum Gasteiger partial charge on any atom is 0.122 e. The van der Waals surface area contributed by atoms with Gasteiger partial charge in [0.2, 0.25) is 0 Å². The molecule has 0 radical (unpaired) electrons. The van der Waals surface area contributed by atoms with Crippen LogP contribution in [0.3, 0.4) is 0 Å². The van der Waals surface area contributed by atoms with Crippen LogP contribution in [-0.2, 0) is 13.1 Å². The molecule has 4 heteroatoms. The van der Waals surface area contributed by atoms with Gasteiger partial charge in [-0.05, 0) is 26.9 Å². The molecule has 0 saturated heterocycles. The quantitative estimate of drug-likeness (QED) is 0.783. The van der Waals surface area contributed by atoms with E-state index in [0.717, 1.165) is 25.5 Å². The minimum atomic E-state index is 0.506. The van der Waals surface area contributed by atoms with Crippen LogP contribution in [0.4, 0.5) is 0 Å². The SMILES string of the molecule is CCn1ccnc1CNC(CN(C)C)C(C)C. The second kappa shape index (κ2) is 6.77. The molecule has 4 nitrogen and oxygen atoms in total. The van der Waals surface area contributed by atoms with Crippen LogP contribution >= 0.6 is 0 Å². The van der Waals surface area contributed by atoms with Crippen LogP contribution in [0.1, 0.15) is 26.6 Å². The van der Waals surface area contributed by atoms with E-state index in [1.54, 1.807) is 0 Å². The van der Waals surface area contributed by atoms with E-state index in [0.29, 0.717) is 12.0 Å². The molecule has 1 heterocycles. The number of hydrogen-bond donors (Lipinski definition) is 1. The molecule has 0 spiro atoms. The zero-order valence-electron chi connectivity index (χ0n) is 11.8. The van der Waals surface area contributed by atoms with Gasteiger partial charge in [-0.25, -0.2) is 4.98 Å². The Hall–Kier alpha value is -0.870. The molecule has 0 aliphatic rings. The van der Waals surface area contributed by atoms with E-state index in [9.17, 15) is 0 Å². The summed E-state index contributed by atoms with van der Waals surface area (Å²) >= 11 is 0. The lowest BCUT2D eigenvalue weighted by Gasteiger charge is -2.25. The van der Waals surface area contributed by atoms with Crippen LogP contribution in [0.15, 0.2) is 12.4 Å². The van der Waals surface area contributed by atoms with Gasteiger partial charge in [-0.15, -0.1) is 0 Å². The molecule has 0 bridgehead atoms. The van der Waals surface area contributed by atoms with Gasteiger partial charge >= 0.3 is 0 Å². The van der Waals surface area contributed by atoms with Crippen molar-refractivity contribution < 1.29 is 0 Å². The first-order valence-electron chi connectivity index (χ1n) is 6.42. The van der Waals surface area contributed by atoms with E-state index < -0.39 is 0 Å². The van der Waals surface area contributed by atoms with Crippen LogP contribution in [0.5, 0.6) is 0 Å². The number of nitrogens with zero attached hydrogens (tertiary/aromatic N) is 3. The zero-order valence-corrected chi connectivity index (χ0v) is 11.8. The molecular formula is C13H26N4. The number of likely N-dealkylation sites (N-methyl/N-ethyl adjacent to an activating group) is 1. The number of aromatic nitrogens is 2. The average Bonchev–Trinajstić information content (AvgIpc) is 2.70. The molecule has 1 aromatic heterocycles. The fraction of sp³-hybridized carbons (Fsp3) is 0.769. The number of hydrogen-bond acceptors (Lipinski definition) is 3. The molecule has 0 saturated carbocycles. The van der Waals surface area contributed by atoms with Crippen molar-refractivity contribution in [3.05, 3.63) is 18.2 Å². The summed E-state index contributed by atoms with van der Waals surface area (Å²) in [5.74, 6) is 1.75. The van der Waals surface area contributed by atoms with Gasteiger partial charge in [-0.2, -0.15) is 0 Å². The lowest BCUT2D eigenvalue weighted by atomic mass is 10.0. The number of nitrogens with one attached hydrogen (secondary N) is 1. The third-order valence-electron chi connectivity index (χ3n) is 3.03. The summed E-state index contributed by atoms with van der Waals surface area (Å²) in [6.45, 7) is 9.55. The third kappa shape index (κ3) is 4.48. The van der Waals surface area contributed by atoms with Crippen LogP contribution in [-0.4, -0.2) is 41.1 Å². The standard InChI is InChI=1S/C13H26N4/c1-6-17-8-7-14-13(17)9-15-12(11(2)3)10-16(4)5/h7-8,11-12,15H,6,9-10H2,1-5H3. The van der Waals surface area contributed by atoms with Gasteiger partial charge in [0, 0.05) is 31.5 Å². The molecule has 1 N–H and O–H groups in total. The molecule has 98 valence electrons. The van der Waals surface area contributed by atoms with Gasteiger partial charge < -0.3 is 14.8 Å². The first-order chi connectivity index (χ1) is 8.04. The molecule has 1 atom stereocenters. The van der Waals surface area contributed by atoms with E-state index in [1.165, 1.54) is 0 Å². The molecule has 0 amide bonds. The summed E-state index contributed by atoms with van der Waals surface area (Å²) in [7, 11) is 4.23. The van der Waals surface area contributed by atoms with Crippen molar-refractivity contribution in [2.24, 2.45) is 5.92 Å². The molecule has 1 rings (SSSR count). The van der Waals surface area contributed by atoms with Gasteiger partial charge in [0.25, 0.3) is 0 Å². The molecule has 17 heavy (non-hydrogen) atoms. The Kier molecular flexibility index (Phi) is 5.65. The summed E-state index contributed by atoms with van der Waals surface area (Å²) in [4.78, 5) is 6.61. The first kappa shape index (κ1) is 14.2. The van der Waals surface area contributed by atoms with Crippen molar-refractivity contribution in [1.29, 1.82) is 0 Å². The highest BCUT2D eigenvalue weighted by molar-refractivity contribution is 4.92. The van der Waals surface area contributed by atoms with E-state index in [2.05, 4.69) is 54.6 Å². The fourth-order valence-electron chi connectivity index (χ4n) is 1.92. The van der Waals surface area contributed by atoms with E-state index in [1.807, 2.05) is 12.4 Å². The molecule has 0 aromatic carbocycles. The maximum absolute atomic E-state index is 4.38. The van der Waals surface area contributed by atoms with Crippen LogP contribution in [0.25, 0.3) is 0 Å². The van der Waals surface area contributed by atoms with Gasteiger partial charge in [0.05, 0.1) is 6.54 Å². The summed E-state index contributed by atoms with van der Waals surface area (Å²) in [5, 5.41) is 3.60. The largest absolute Gasteiger partial charge is 0.334 e. The van der Waals surface area contributed by atoms with Crippen LogP contribution in [0.2, 0.25) is 0 Å². The molecular weight excluding hydrogens is 212 g/mol. The van der Waals surface area contributed by atoms with Crippen molar-refractivity contribution in [3.8, 4) is 0 Å². The van der Waals surface area contributed by atoms with Gasteiger partial charge in [-0.3, -0.25) is 0 Å². The van der Waals surface area contributed by atoms with Crippen molar-refractivity contribution >= 4 is 0 Å². The fourth-order valence-corrected chi connectivity index (χ4v) is 1.92. The van der Waals surface area contributed by atoms with Crippen molar-refractivity contribution in [2.75, 3.05) is 20.6 Å². The summed E-state index contributed by atoms with van der Waals surface area (Å²) < 4.78 is 2.18. The highest BCUT2D eigenvalue weighted by atomic mass is 15.1. The van der Waals surface area contributed by atoms with Crippen molar-refractivity contribution in [3.63, 3.8) is 0 Å². The number of aryl methyl sites for hydroxylation is 1. The Labute approximate surface area is 105 Å². The topological polar surface area (TPSA) is 33.1 Å². The van der Waals surface area contributed by atoms with Crippen molar-refractivity contribution in [2.45, 2.75) is 39.9 Å².